The fourth-order valence-electron chi connectivity index (χ4n) is 2.22. The Bertz CT molecular complexity index is 1000. The fourth-order valence-corrected chi connectivity index (χ4v) is 3.20. The summed E-state index contributed by atoms with van der Waals surface area (Å²) in [6.45, 7) is -0.0601. The van der Waals surface area contributed by atoms with Crippen molar-refractivity contribution in [1.82, 2.24) is 19.9 Å². The molecule has 25 heavy (non-hydrogen) atoms. The van der Waals surface area contributed by atoms with Crippen molar-refractivity contribution in [2.45, 2.75) is 11.4 Å². The van der Waals surface area contributed by atoms with Gasteiger partial charge in [-0.2, -0.15) is 0 Å². The minimum Gasteiger partial charge on any atom is -0.454 e. The molecular weight excluding hydrogens is 348 g/mol. The summed E-state index contributed by atoms with van der Waals surface area (Å²) in [4.78, 5) is 4.02. The number of hydrogen-bond donors (Lipinski definition) is 1. The highest BCUT2D eigenvalue weighted by atomic mass is 32.2. The van der Waals surface area contributed by atoms with E-state index in [9.17, 15) is 8.42 Å². The lowest BCUT2D eigenvalue weighted by Gasteiger charge is -2.05. The van der Waals surface area contributed by atoms with E-state index in [4.69, 9.17) is 13.9 Å². The van der Waals surface area contributed by atoms with Crippen LogP contribution in [0.1, 0.15) is 5.89 Å². The molecule has 1 aromatic carbocycles. The topological polar surface area (TPSA) is 116 Å². The first-order valence-electron chi connectivity index (χ1n) is 7.24. The first kappa shape index (κ1) is 15.5. The molecule has 0 unspecified atom stereocenters. The van der Waals surface area contributed by atoms with Crippen LogP contribution in [0.5, 0.6) is 11.5 Å². The van der Waals surface area contributed by atoms with Gasteiger partial charge in [-0.15, -0.1) is 10.2 Å². The van der Waals surface area contributed by atoms with Gasteiger partial charge in [0.15, 0.2) is 11.5 Å². The van der Waals surface area contributed by atoms with Crippen LogP contribution in [0.3, 0.4) is 0 Å². The van der Waals surface area contributed by atoms with E-state index in [0.717, 1.165) is 0 Å². The van der Waals surface area contributed by atoms with Crippen LogP contribution >= 0.6 is 0 Å². The highest BCUT2D eigenvalue weighted by molar-refractivity contribution is 7.89. The zero-order chi connectivity index (χ0) is 17.3. The Hall–Kier alpha value is -2.98. The number of sulfonamides is 1. The van der Waals surface area contributed by atoms with Crippen LogP contribution in [0.4, 0.5) is 0 Å². The first-order chi connectivity index (χ1) is 12.1. The van der Waals surface area contributed by atoms with Crippen LogP contribution in [-0.4, -0.2) is 30.4 Å². The summed E-state index contributed by atoms with van der Waals surface area (Å²) in [5, 5.41) is 7.71. The highest BCUT2D eigenvalue weighted by Gasteiger charge is 2.21. The van der Waals surface area contributed by atoms with Gasteiger partial charge >= 0.3 is 0 Å². The molecule has 2 aromatic heterocycles. The van der Waals surface area contributed by atoms with Gasteiger partial charge in [-0.25, -0.2) is 13.1 Å². The van der Waals surface area contributed by atoms with Gasteiger partial charge in [-0.1, -0.05) is 0 Å². The van der Waals surface area contributed by atoms with Crippen molar-refractivity contribution in [3.63, 3.8) is 0 Å². The number of nitrogens with zero attached hydrogens (tertiary/aromatic N) is 3. The third kappa shape index (κ3) is 3.16. The monoisotopic (exact) mass is 360 g/mol. The molecule has 1 N–H and O–H groups in total. The van der Waals surface area contributed by atoms with Crippen LogP contribution in [0.2, 0.25) is 0 Å². The number of nitrogens with one attached hydrogen (secondary N) is 1. The summed E-state index contributed by atoms with van der Waals surface area (Å²) >= 11 is 0. The Morgan fingerprint density at radius 1 is 1.12 bits per heavy atom. The van der Waals surface area contributed by atoms with Crippen molar-refractivity contribution in [3.05, 3.63) is 48.6 Å². The summed E-state index contributed by atoms with van der Waals surface area (Å²) in [5.41, 5.74) is 0.653. The molecule has 0 bridgehead atoms. The molecule has 3 heterocycles. The zero-order valence-electron chi connectivity index (χ0n) is 12.7. The maximum atomic E-state index is 12.4. The van der Waals surface area contributed by atoms with Crippen LogP contribution in [0, 0.1) is 0 Å². The van der Waals surface area contributed by atoms with Crippen molar-refractivity contribution in [2.24, 2.45) is 0 Å². The van der Waals surface area contributed by atoms with Gasteiger partial charge in [-0.3, -0.25) is 4.98 Å². The summed E-state index contributed by atoms with van der Waals surface area (Å²) in [6.07, 6.45) is 3.20. The van der Waals surface area contributed by atoms with Crippen LogP contribution < -0.4 is 14.2 Å². The molecule has 0 atom stereocenters. The van der Waals surface area contributed by atoms with E-state index in [1.165, 1.54) is 12.1 Å². The number of hydrogen-bond acceptors (Lipinski definition) is 8. The van der Waals surface area contributed by atoms with Gasteiger partial charge in [0.2, 0.25) is 28.6 Å². The van der Waals surface area contributed by atoms with Crippen molar-refractivity contribution in [2.75, 3.05) is 6.79 Å². The normalized spacial score (nSPS) is 13.1. The summed E-state index contributed by atoms with van der Waals surface area (Å²) in [6, 6.07) is 7.89. The van der Waals surface area contributed by atoms with Gasteiger partial charge < -0.3 is 13.9 Å². The third-order valence-corrected chi connectivity index (χ3v) is 4.84. The van der Waals surface area contributed by atoms with Crippen molar-refractivity contribution < 1.29 is 22.3 Å². The molecule has 128 valence electrons. The van der Waals surface area contributed by atoms with Crippen LogP contribution in [0.15, 0.2) is 52.0 Å². The molecule has 0 spiro atoms. The van der Waals surface area contributed by atoms with E-state index in [-0.39, 0.29) is 30.0 Å². The van der Waals surface area contributed by atoms with Crippen molar-refractivity contribution in [3.8, 4) is 23.0 Å². The molecule has 0 amide bonds. The highest BCUT2D eigenvalue weighted by Crippen LogP contribution is 2.33. The third-order valence-electron chi connectivity index (χ3n) is 3.44. The predicted octanol–water partition coefficient (Wildman–Crippen LogP) is 1.34. The molecule has 9 nitrogen and oxygen atoms in total. The predicted molar refractivity (Wildman–Crippen MR) is 84.1 cm³/mol. The molecule has 4 rings (SSSR count). The van der Waals surface area contributed by atoms with Crippen molar-refractivity contribution >= 4 is 10.0 Å². The number of aromatic nitrogens is 3. The number of benzene rings is 1. The molecule has 1 aliphatic rings. The lowest BCUT2D eigenvalue weighted by molar-refractivity contribution is 0.174. The number of ether oxygens (including phenoxy) is 2. The summed E-state index contributed by atoms with van der Waals surface area (Å²) < 4.78 is 43.0. The molecule has 3 aromatic rings. The molecule has 0 saturated carbocycles. The van der Waals surface area contributed by atoms with Gasteiger partial charge in [-0.05, 0) is 24.3 Å². The maximum absolute atomic E-state index is 12.4. The Morgan fingerprint density at radius 3 is 2.84 bits per heavy atom. The van der Waals surface area contributed by atoms with Gasteiger partial charge in [0.05, 0.1) is 17.0 Å². The Labute approximate surface area is 142 Å². The summed E-state index contributed by atoms with van der Waals surface area (Å²) in [7, 11) is -3.76. The number of rotatable bonds is 5. The second-order valence-corrected chi connectivity index (χ2v) is 6.85. The van der Waals surface area contributed by atoms with E-state index in [1.54, 1.807) is 30.6 Å². The number of pyridine rings is 1. The Balaban J connectivity index is 1.48. The molecule has 0 aliphatic carbocycles. The van der Waals surface area contributed by atoms with Gasteiger partial charge in [0, 0.05) is 18.5 Å². The molecule has 10 heteroatoms. The second-order valence-electron chi connectivity index (χ2n) is 5.08. The quantitative estimate of drug-likeness (QED) is 0.724. The van der Waals surface area contributed by atoms with E-state index in [0.29, 0.717) is 17.1 Å². The fraction of sp³-hybridized carbons (Fsp3) is 0.133. The molecule has 0 radical (unpaired) electrons. The standard InChI is InChI=1S/C15H12N4O5S/c20-25(21,11-3-4-12-13(6-11)23-9-22-12)17-8-14-18-19-15(24-14)10-2-1-5-16-7-10/h1-7,17H,8-9H2. The lowest BCUT2D eigenvalue weighted by Crippen LogP contribution is -2.23. The lowest BCUT2D eigenvalue weighted by atomic mass is 10.3. The smallest absolute Gasteiger partial charge is 0.249 e. The van der Waals surface area contributed by atoms with E-state index in [1.807, 2.05) is 0 Å². The average molecular weight is 360 g/mol. The van der Waals surface area contributed by atoms with Crippen LogP contribution in [-0.2, 0) is 16.6 Å². The second kappa shape index (κ2) is 6.15. The van der Waals surface area contributed by atoms with Crippen molar-refractivity contribution in [1.29, 1.82) is 0 Å². The maximum Gasteiger partial charge on any atom is 0.249 e. The van der Waals surface area contributed by atoms with E-state index >= 15 is 0 Å². The van der Waals surface area contributed by atoms with E-state index < -0.39 is 10.0 Å². The van der Waals surface area contributed by atoms with E-state index in [2.05, 4.69) is 19.9 Å². The summed E-state index contributed by atoms with van der Waals surface area (Å²) in [5.74, 6) is 1.31. The average Bonchev–Trinajstić information content (AvgIpc) is 3.29. The SMILES string of the molecule is O=S(=O)(NCc1nnc(-c2cccnc2)o1)c1ccc2c(c1)OCO2. The molecule has 0 saturated heterocycles. The van der Waals surface area contributed by atoms with Gasteiger partial charge in [0.1, 0.15) is 0 Å². The largest absolute Gasteiger partial charge is 0.454 e. The molecular formula is C15H12N4O5S. The first-order valence-corrected chi connectivity index (χ1v) is 8.72. The molecule has 1 aliphatic heterocycles. The van der Waals surface area contributed by atoms with Crippen LogP contribution in [0.25, 0.3) is 11.5 Å². The van der Waals surface area contributed by atoms with Gasteiger partial charge in [0.25, 0.3) is 0 Å². The minimum atomic E-state index is -3.76. The minimum absolute atomic E-state index is 0.0590. The molecule has 0 fully saturated rings. The Kier molecular flexibility index (Phi) is 3.82. The Morgan fingerprint density at radius 2 is 2.00 bits per heavy atom. The number of fused-ring (bicyclic) bond motifs is 1. The zero-order valence-corrected chi connectivity index (χ0v) is 13.6.